The number of ether oxygens (including phenoxy) is 2. The molecule has 3 aromatic rings. The third kappa shape index (κ3) is 5.92. The van der Waals surface area contributed by atoms with E-state index in [4.69, 9.17) is 21.1 Å². The van der Waals surface area contributed by atoms with Gasteiger partial charge in [-0.3, -0.25) is 4.79 Å². The van der Waals surface area contributed by atoms with E-state index >= 15 is 0 Å². The van der Waals surface area contributed by atoms with Crippen LogP contribution >= 0.6 is 11.6 Å². The number of H-pyrrole nitrogens is 1. The summed E-state index contributed by atoms with van der Waals surface area (Å²) in [6, 6.07) is 16.6. The molecule has 3 rings (SSSR count). The summed E-state index contributed by atoms with van der Waals surface area (Å²) in [5.41, 5.74) is 3.82. The molecule has 1 amide bonds. The van der Waals surface area contributed by atoms with Crippen LogP contribution in [0.25, 0.3) is 0 Å². The van der Waals surface area contributed by atoms with Gasteiger partial charge in [-0.15, -0.1) is 0 Å². The molecule has 0 atom stereocenters. The molecule has 0 aliphatic rings. The fourth-order valence-electron chi connectivity index (χ4n) is 3.48. The lowest BCUT2D eigenvalue weighted by molar-refractivity contribution is -0.134. The normalized spacial score (nSPS) is 10.6. The molecule has 0 aliphatic heterocycles. The van der Waals surface area contributed by atoms with E-state index in [1.54, 1.807) is 36.1 Å². The highest BCUT2D eigenvalue weighted by Crippen LogP contribution is 2.22. The number of halogens is 1. The molecule has 0 bridgehead atoms. The van der Waals surface area contributed by atoms with Gasteiger partial charge >= 0.3 is 5.97 Å². The minimum absolute atomic E-state index is 0.113. The van der Waals surface area contributed by atoms with Crippen molar-refractivity contribution in [2.75, 3.05) is 13.2 Å². The van der Waals surface area contributed by atoms with Crippen molar-refractivity contribution < 1.29 is 19.1 Å². The maximum Gasteiger partial charge on any atom is 0.340 e. The lowest BCUT2D eigenvalue weighted by atomic mass is 10.1. The minimum atomic E-state index is -0.364. The van der Waals surface area contributed by atoms with Crippen LogP contribution in [0.15, 0.2) is 54.6 Å². The lowest BCUT2D eigenvalue weighted by Crippen LogP contribution is -2.34. The van der Waals surface area contributed by atoms with Gasteiger partial charge in [-0.05, 0) is 56.2 Å². The Kier molecular flexibility index (Phi) is 7.95. The number of aryl methyl sites for hydroxylation is 1. The van der Waals surface area contributed by atoms with Crippen molar-refractivity contribution in [2.24, 2.45) is 0 Å². The van der Waals surface area contributed by atoms with E-state index in [1.807, 2.05) is 44.2 Å². The molecule has 1 aromatic heterocycles. The van der Waals surface area contributed by atoms with Crippen molar-refractivity contribution in [1.29, 1.82) is 0 Å². The van der Waals surface area contributed by atoms with Gasteiger partial charge < -0.3 is 19.4 Å². The largest absolute Gasteiger partial charge is 0.484 e. The Labute approximate surface area is 193 Å². The number of benzene rings is 2. The second-order valence-corrected chi connectivity index (χ2v) is 7.86. The number of aromatic amines is 1. The lowest BCUT2D eigenvalue weighted by Gasteiger charge is -2.23. The average molecular weight is 455 g/mol. The highest BCUT2D eigenvalue weighted by atomic mass is 35.5. The first-order chi connectivity index (χ1) is 15.4. The van der Waals surface area contributed by atoms with Gasteiger partial charge in [-0.1, -0.05) is 41.9 Å². The molecular weight excluding hydrogens is 428 g/mol. The van der Waals surface area contributed by atoms with Crippen molar-refractivity contribution in [1.82, 2.24) is 9.88 Å². The summed E-state index contributed by atoms with van der Waals surface area (Å²) < 4.78 is 10.9. The minimum Gasteiger partial charge on any atom is -0.484 e. The predicted octanol–water partition coefficient (Wildman–Crippen LogP) is 5.07. The monoisotopic (exact) mass is 454 g/mol. The fraction of sp³-hybridized carbons (Fsp3) is 0.280. The van der Waals surface area contributed by atoms with Crippen molar-refractivity contribution in [2.45, 2.75) is 33.9 Å². The summed E-state index contributed by atoms with van der Waals surface area (Å²) in [7, 11) is 0. The Morgan fingerprint density at radius 3 is 2.34 bits per heavy atom. The number of hydrogen-bond acceptors (Lipinski definition) is 4. The van der Waals surface area contributed by atoms with Crippen LogP contribution < -0.4 is 4.74 Å². The van der Waals surface area contributed by atoms with Crippen molar-refractivity contribution >= 4 is 23.5 Å². The quantitative estimate of drug-likeness (QED) is 0.458. The second kappa shape index (κ2) is 10.9. The molecule has 0 fully saturated rings. The van der Waals surface area contributed by atoms with Crippen molar-refractivity contribution in [3.8, 4) is 5.75 Å². The summed E-state index contributed by atoms with van der Waals surface area (Å²) in [4.78, 5) is 30.4. The summed E-state index contributed by atoms with van der Waals surface area (Å²) in [6.45, 7) is 6.38. The summed E-state index contributed by atoms with van der Waals surface area (Å²) >= 11 is 5.91. The number of nitrogens with zero attached hydrogens (tertiary/aromatic N) is 1. The SMILES string of the molecule is CCOC(=O)c1c(C)[nH]c(CN(Cc2ccccc2)C(=O)COc2ccc(Cl)cc2)c1C. The smallest absolute Gasteiger partial charge is 0.340 e. The molecule has 0 saturated heterocycles. The molecule has 32 heavy (non-hydrogen) atoms. The standard InChI is InChI=1S/C25H27ClN2O4/c1-4-31-25(30)24-17(2)22(27-18(24)3)15-28(14-19-8-6-5-7-9-19)23(29)16-32-21-12-10-20(26)11-13-21/h5-13,27H,4,14-16H2,1-3H3. The van der Waals surface area contributed by atoms with Crippen LogP contribution in [0.1, 0.15) is 39.8 Å². The average Bonchev–Trinajstić information content (AvgIpc) is 3.06. The first-order valence-electron chi connectivity index (χ1n) is 10.4. The molecule has 168 valence electrons. The van der Waals surface area contributed by atoms with Crippen LogP contribution in [0.2, 0.25) is 5.02 Å². The molecule has 0 aliphatic carbocycles. The fourth-order valence-corrected chi connectivity index (χ4v) is 3.60. The Balaban J connectivity index is 1.80. The topological polar surface area (TPSA) is 71.6 Å². The van der Waals surface area contributed by atoms with Gasteiger partial charge in [0.25, 0.3) is 5.91 Å². The molecule has 6 nitrogen and oxygen atoms in total. The number of aromatic nitrogens is 1. The van der Waals surface area contributed by atoms with Gasteiger partial charge in [-0.2, -0.15) is 0 Å². The van der Waals surface area contributed by atoms with E-state index in [0.717, 1.165) is 22.5 Å². The van der Waals surface area contributed by atoms with Crippen LogP contribution in [-0.2, 0) is 22.6 Å². The van der Waals surface area contributed by atoms with E-state index in [-0.39, 0.29) is 18.5 Å². The van der Waals surface area contributed by atoms with E-state index in [0.29, 0.717) is 36.0 Å². The third-order valence-corrected chi connectivity index (χ3v) is 5.37. The summed E-state index contributed by atoms with van der Waals surface area (Å²) in [6.07, 6.45) is 0. The molecule has 7 heteroatoms. The van der Waals surface area contributed by atoms with Crippen molar-refractivity contribution in [3.63, 3.8) is 0 Å². The Bertz CT molecular complexity index is 1060. The first-order valence-corrected chi connectivity index (χ1v) is 10.8. The van der Waals surface area contributed by atoms with Gasteiger partial charge in [0, 0.05) is 23.0 Å². The van der Waals surface area contributed by atoms with Gasteiger partial charge in [0.15, 0.2) is 6.61 Å². The molecule has 0 spiro atoms. The molecule has 0 radical (unpaired) electrons. The maximum absolute atomic E-state index is 13.1. The van der Waals surface area contributed by atoms with E-state index in [2.05, 4.69) is 4.98 Å². The molecule has 2 aromatic carbocycles. The number of hydrogen-bond donors (Lipinski definition) is 1. The van der Waals surface area contributed by atoms with Crippen molar-refractivity contribution in [3.05, 3.63) is 87.7 Å². The zero-order valence-corrected chi connectivity index (χ0v) is 19.2. The van der Waals surface area contributed by atoms with Gasteiger partial charge in [0.05, 0.1) is 18.7 Å². The highest BCUT2D eigenvalue weighted by Gasteiger charge is 2.23. The maximum atomic E-state index is 13.1. The number of rotatable bonds is 9. The number of amides is 1. The molecule has 1 heterocycles. The van der Waals surface area contributed by atoms with Gasteiger partial charge in [0.1, 0.15) is 5.75 Å². The molecule has 1 N–H and O–H groups in total. The van der Waals surface area contributed by atoms with E-state index in [9.17, 15) is 9.59 Å². The second-order valence-electron chi connectivity index (χ2n) is 7.43. The summed E-state index contributed by atoms with van der Waals surface area (Å²) in [5.74, 6) is 0.0315. The molecular formula is C25H27ClN2O4. The number of nitrogens with one attached hydrogen (secondary N) is 1. The zero-order valence-electron chi connectivity index (χ0n) is 18.5. The first kappa shape index (κ1) is 23.4. The van der Waals surface area contributed by atoms with Crippen LogP contribution in [0, 0.1) is 13.8 Å². The zero-order chi connectivity index (χ0) is 23.1. The number of esters is 1. The predicted molar refractivity (Wildman–Crippen MR) is 124 cm³/mol. The van der Waals surface area contributed by atoms with Crippen LogP contribution in [-0.4, -0.2) is 35.0 Å². The Hall–Kier alpha value is -3.25. The third-order valence-electron chi connectivity index (χ3n) is 5.11. The van der Waals surface area contributed by atoms with E-state index in [1.165, 1.54) is 0 Å². The van der Waals surface area contributed by atoms with Gasteiger partial charge in [0.2, 0.25) is 0 Å². The Morgan fingerprint density at radius 1 is 1.00 bits per heavy atom. The van der Waals surface area contributed by atoms with Crippen LogP contribution in [0.4, 0.5) is 0 Å². The van der Waals surface area contributed by atoms with Gasteiger partial charge in [-0.25, -0.2) is 4.79 Å². The summed E-state index contributed by atoms with van der Waals surface area (Å²) in [5, 5.41) is 0.601. The molecule has 0 saturated carbocycles. The van der Waals surface area contributed by atoms with E-state index < -0.39 is 0 Å². The van der Waals surface area contributed by atoms with Crippen LogP contribution in [0.5, 0.6) is 5.75 Å². The Morgan fingerprint density at radius 2 is 1.69 bits per heavy atom. The number of carbonyl (C=O) groups is 2. The van der Waals surface area contributed by atoms with Crippen LogP contribution in [0.3, 0.4) is 0 Å². The molecule has 0 unspecified atom stereocenters. The number of carbonyl (C=O) groups excluding carboxylic acids is 2. The highest BCUT2D eigenvalue weighted by molar-refractivity contribution is 6.30.